The number of likely N-dealkylation sites (N-methyl/N-ethyl adjacent to an activating group) is 1. The number of nitrogen functional groups attached to an aromatic ring is 1. The molecule has 1 aliphatic rings. The molecule has 2 N–H and O–H groups in total. The Balaban J connectivity index is 1.57. The van der Waals surface area contributed by atoms with Crippen LogP contribution >= 0.6 is 0 Å². The zero-order valence-electron chi connectivity index (χ0n) is 18.5. The summed E-state index contributed by atoms with van der Waals surface area (Å²) < 4.78 is 3.39. The molecule has 1 saturated heterocycles. The number of nitrogens with zero attached hydrogens (tertiary/aromatic N) is 7. The Labute approximate surface area is 186 Å². The van der Waals surface area contributed by atoms with E-state index in [1.165, 1.54) is 0 Å². The Morgan fingerprint density at radius 2 is 1.75 bits per heavy atom. The molecule has 9 heteroatoms. The Hall–Kier alpha value is -3.72. The average Bonchev–Trinajstić information content (AvgIpc) is 3.30. The first kappa shape index (κ1) is 20.2. The van der Waals surface area contributed by atoms with Gasteiger partial charge in [-0.1, -0.05) is 18.2 Å². The fourth-order valence-corrected chi connectivity index (χ4v) is 4.14. The third-order valence-corrected chi connectivity index (χ3v) is 6.11. The number of rotatable bonds is 3. The van der Waals surface area contributed by atoms with E-state index in [9.17, 15) is 4.79 Å². The molecular weight excluding hydrogens is 404 g/mol. The lowest BCUT2D eigenvalue weighted by molar-refractivity contribution is 0.0659. The highest BCUT2D eigenvalue weighted by Crippen LogP contribution is 2.30. The smallest absolute Gasteiger partial charge is 0.275 e. The fraction of sp³-hybridized carbons (Fsp3) is 0.304. The van der Waals surface area contributed by atoms with Crippen LogP contribution in [0.2, 0.25) is 0 Å². The maximum atomic E-state index is 13.3. The number of aromatic nitrogens is 5. The van der Waals surface area contributed by atoms with Crippen LogP contribution in [0, 0.1) is 6.92 Å². The summed E-state index contributed by atoms with van der Waals surface area (Å²) in [6.07, 6.45) is 1.76. The highest BCUT2D eigenvalue weighted by molar-refractivity contribution is 6.05. The van der Waals surface area contributed by atoms with Crippen LogP contribution in [0.3, 0.4) is 0 Å². The first-order valence-corrected chi connectivity index (χ1v) is 10.7. The predicted octanol–water partition coefficient (Wildman–Crippen LogP) is 2.10. The second kappa shape index (κ2) is 7.76. The largest absolute Gasteiger partial charge is 0.383 e. The van der Waals surface area contributed by atoms with Gasteiger partial charge in [0.25, 0.3) is 5.91 Å². The molecule has 0 spiro atoms. The molecule has 0 bridgehead atoms. The number of amides is 1. The number of aryl methyl sites for hydroxylation is 1. The quantitative estimate of drug-likeness (QED) is 0.535. The SMILES string of the molecule is Cc1c(-c2cnc3c(c2)c(C(=O)N2CCN(C)CC2)nn3C)nn(-c2ccccc2)c1N. The number of piperazine rings is 1. The number of benzene rings is 1. The van der Waals surface area contributed by atoms with Gasteiger partial charge in [-0.15, -0.1) is 0 Å². The van der Waals surface area contributed by atoms with Crippen molar-refractivity contribution < 1.29 is 4.79 Å². The molecule has 1 aliphatic heterocycles. The molecule has 9 nitrogen and oxygen atoms in total. The average molecular weight is 431 g/mol. The van der Waals surface area contributed by atoms with Crippen LogP contribution in [0.5, 0.6) is 0 Å². The van der Waals surface area contributed by atoms with E-state index in [0.29, 0.717) is 30.2 Å². The van der Waals surface area contributed by atoms with Crippen LogP contribution in [0.1, 0.15) is 16.1 Å². The number of hydrogen-bond acceptors (Lipinski definition) is 6. The maximum Gasteiger partial charge on any atom is 0.275 e. The van der Waals surface area contributed by atoms with Gasteiger partial charge in [0.05, 0.1) is 16.8 Å². The van der Waals surface area contributed by atoms with Crippen molar-refractivity contribution in [2.75, 3.05) is 39.0 Å². The summed E-state index contributed by atoms with van der Waals surface area (Å²) in [4.78, 5) is 21.9. The number of para-hydroxylation sites is 1. The summed E-state index contributed by atoms with van der Waals surface area (Å²) in [5, 5.41) is 9.99. The van der Waals surface area contributed by atoms with Crippen LogP contribution in [0.15, 0.2) is 42.6 Å². The highest BCUT2D eigenvalue weighted by Gasteiger charge is 2.26. The third-order valence-electron chi connectivity index (χ3n) is 6.11. The van der Waals surface area contributed by atoms with E-state index >= 15 is 0 Å². The Kier molecular flexibility index (Phi) is 4.90. The topological polar surface area (TPSA) is 98.1 Å². The monoisotopic (exact) mass is 430 g/mol. The molecule has 4 aromatic rings. The van der Waals surface area contributed by atoms with Crippen molar-refractivity contribution in [2.45, 2.75) is 6.92 Å². The normalized spacial score (nSPS) is 14.9. The van der Waals surface area contributed by atoms with Crippen molar-refractivity contribution in [2.24, 2.45) is 7.05 Å². The summed E-state index contributed by atoms with van der Waals surface area (Å²) in [5.74, 6) is 0.514. The first-order valence-electron chi connectivity index (χ1n) is 10.7. The van der Waals surface area contributed by atoms with Gasteiger partial charge in [-0.05, 0) is 32.2 Å². The van der Waals surface area contributed by atoms with Crippen molar-refractivity contribution in [3.8, 4) is 16.9 Å². The zero-order valence-corrected chi connectivity index (χ0v) is 18.5. The molecule has 0 atom stereocenters. The molecule has 1 aromatic carbocycles. The number of nitrogens with two attached hydrogens (primary N) is 1. The minimum absolute atomic E-state index is 0.0614. The van der Waals surface area contributed by atoms with Crippen molar-refractivity contribution in [1.29, 1.82) is 0 Å². The standard InChI is InChI=1S/C23H26N8O/c1-15-19(27-31(21(15)24)17-7-5-4-6-8-17)16-13-18-20(26-29(3)22(18)25-14-16)23(32)30-11-9-28(2)10-12-30/h4-8,13-14H,9-12,24H2,1-3H3. The summed E-state index contributed by atoms with van der Waals surface area (Å²) in [6, 6.07) is 11.7. The molecule has 1 amide bonds. The van der Waals surface area contributed by atoms with E-state index in [1.807, 2.05) is 55.3 Å². The molecule has 0 radical (unpaired) electrons. The van der Waals surface area contributed by atoms with Gasteiger partial charge < -0.3 is 15.5 Å². The number of carbonyl (C=O) groups is 1. The summed E-state index contributed by atoms with van der Waals surface area (Å²) in [5.41, 5.74) is 10.8. The molecular formula is C23H26N8O. The van der Waals surface area contributed by atoms with Crippen LogP contribution < -0.4 is 5.73 Å². The van der Waals surface area contributed by atoms with E-state index in [-0.39, 0.29) is 5.91 Å². The second-order valence-corrected chi connectivity index (χ2v) is 8.27. The van der Waals surface area contributed by atoms with Crippen molar-refractivity contribution >= 4 is 22.8 Å². The summed E-state index contributed by atoms with van der Waals surface area (Å²) >= 11 is 0. The van der Waals surface area contributed by atoms with E-state index in [0.717, 1.165) is 41.0 Å². The molecule has 0 unspecified atom stereocenters. The third kappa shape index (κ3) is 3.31. The Morgan fingerprint density at radius 3 is 2.47 bits per heavy atom. The second-order valence-electron chi connectivity index (χ2n) is 8.27. The fourth-order valence-electron chi connectivity index (χ4n) is 4.14. The van der Waals surface area contributed by atoms with E-state index in [2.05, 4.69) is 22.0 Å². The zero-order chi connectivity index (χ0) is 22.4. The molecule has 5 rings (SSSR count). The lowest BCUT2D eigenvalue weighted by Crippen LogP contribution is -2.47. The molecule has 3 aromatic heterocycles. The van der Waals surface area contributed by atoms with E-state index < -0.39 is 0 Å². The Morgan fingerprint density at radius 1 is 1.03 bits per heavy atom. The van der Waals surface area contributed by atoms with Gasteiger partial charge in [-0.25, -0.2) is 14.3 Å². The predicted molar refractivity (Wildman–Crippen MR) is 124 cm³/mol. The summed E-state index contributed by atoms with van der Waals surface area (Å²) in [6.45, 7) is 5.04. The molecule has 0 aliphatic carbocycles. The lowest BCUT2D eigenvalue weighted by Gasteiger charge is -2.31. The summed E-state index contributed by atoms with van der Waals surface area (Å²) in [7, 11) is 3.87. The van der Waals surface area contributed by atoms with Gasteiger partial charge in [0.1, 0.15) is 5.82 Å². The minimum Gasteiger partial charge on any atom is -0.383 e. The van der Waals surface area contributed by atoms with Crippen molar-refractivity contribution in [1.82, 2.24) is 34.3 Å². The first-order chi connectivity index (χ1) is 15.4. The number of hydrogen-bond donors (Lipinski definition) is 1. The highest BCUT2D eigenvalue weighted by atomic mass is 16.2. The maximum absolute atomic E-state index is 13.3. The molecule has 4 heterocycles. The van der Waals surface area contributed by atoms with Gasteiger partial charge in [-0.3, -0.25) is 4.79 Å². The van der Waals surface area contributed by atoms with Gasteiger partial charge in [0.2, 0.25) is 0 Å². The van der Waals surface area contributed by atoms with Gasteiger partial charge in [0, 0.05) is 50.6 Å². The molecule has 0 saturated carbocycles. The van der Waals surface area contributed by atoms with Crippen molar-refractivity contribution in [3.05, 3.63) is 53.9 Å². The lowest BCUT2D eigenvalue weighted by atomic mass is 10.1. The van der Waals surface area contributed by atoms with Crippen LogP contribution in [0.4, 0.5) is 5.82 Å². The van der Waals surface area contributed by atoms with Crippen LogP contribution in [-0.2, 0) is 7.05 Å². The van der Waals surface area contributed by atoms with E-state index in [1.54, 1.807) is 15.6 Å². The number of carbonyl (C=O) groups excluding carboxylic acids is 1. The molecule has 164 valence electrons. The van der Waals surface area contributed by atoms with Crippen LogP contribution in [-0.4, -0.2) is 73.5 Å². The van der Waals surface area contributed by atoms with Crippen LogP contribution in [0.25, 0.3) is 28.0 Å². The number of pyridine rings is 1. The van der Waals surface area contributed by atoms with E-state index in [4.69, 9.17) is 10.8 Å². The number of anilines is 1. The van der Waals surface area contributed by atoms with Gasteiger partial charge in [-0.2, -0.15) is 10.2 Å². The molecule has 1 fully saturated rings. The minimum atomic E-state index is -0.0614. The van der Waals surface area contributed by atoms with Gasteiger partial charge >= 0.3 is 0 Å². The van der Waals surface area contributed by atoms with Crippen molar-refractivity contribution in [3.63, 3.8) is 0 Å². The van der Waals surface area contributed by atoms with Gasteiger partial charge in [0.15, 0.2) is 11.3 Å². The number of fused-ring (bicyclic) bond motifs is 1. The Bertz CT molecular complexity index is 1300. The molecule has 32 heavy (non-hydrogen) atoms.